The quantitative estimate of drug-likeness (QED) is 0.846. The first-order valence-electron chi connectivity index (χ1n) is 6.98. The van der Waals surface area contributed by atoms with Crippen LogP contribution in [0.25, 0.3) is 0 Å². The Hall–Kier alpha value is -1.88. The number of rotatable bonds is 4. The Morgan fingerprint density at radius 1 is 1.40 bits per heavy atom. The number of nitrogens with one attached hydrogen (secondary N) is 1. The number of nitrogens with zero attached hydrogens (tertiary/aromatic N) is 3. The number of carbonyl (C=O) groups excluding carboxylic acids is 1. The van der Waals surface area contributed by atoms with Gasteiger partial charge >= 0.3 is 6.03 Å². The highest BCUT2D eigenvalue weighted by atomic mass is 16.2. The molecule has 1 aromatic rings. The number of piperazine rings is 1. The van der Waals surface area contributed by atoms with Crippen molar-refractivity contribution in [1.82, 2.24) is 20.1 Å². The third-order valence-corrected chi connectivity index (χ3v) is 3.52. The SMILES string of the molecule is C=CC(C)NC(=O)N1CCN(Cc2ccncc2)CC1. The predicted molar refractivity (Wildman–Crippen MR) is 79.3 cm³/mol. The van der Waals surface area contributed by atoms with Crippen molar-refractivity contribution in [3.8, 4) is 0 Å². The molecule has 0 bridgehead atoms. The Morgan fingerprint density at radius 3 is 2.65 bits per heavy atom. The molecule has 2 heterocycles. The minimum atomic E-state index is 0.000890. The molecule has 0 spiro atoms. The molecule has 1 aliphatic rings. The van der Waals surface area contributed by atoms with Crippen LogP contribution in [0.15, 0.2) is 37.2 Å². The molecule has 5 nitrogen and oxygen atoms in total. The molecule has 0 saturated carbocycles. The highest BCUT2D eigenvalue weighted by molar-refractivity contribution is 5.74. The lowest BCUT2D eigenvalue weighted by molar-refractivity contribution is 0.134. The summed E-state index contributed by atoms with van der Waals surface area (Å²) in [5.41, 5.74) is 1.26. The van der Waals surface area contributed by atoms with Gasteiger partial charge in [-0.2, -0.15) is 0 Å². The Labute approximate surface area is 120 Å². The summed E-state index contributed by atoms with van der Waals surface area (Å²) in [5.74, 6) is 0. The molecule has 2 rings (SSSR count). The van der Waals surface area contributed by atoms with Gasteiger partial charge in [-0.05, 0) is 24.6 Å². The molecular formula is C15H22N4O. The van der Waals surface area contributed by atoms with E-state index in [-0.39, 0.29) is 12.1 Å². The fourth-order valence-electron chi connectivity index (χ4n) is 2.20. The normalized spacial score (nSPS) is 17.6. The minimum Gasteiger partial charge on any atom is -0.332 e. The highest BCUT2D eigenvalue weighted by Crippen LogP contribution is 2.08. The van der Waals surface area contributed by atoms with Gasteiger partial charge in [-0.3, -0.25) is 9.88 Å². The maximum atomic E-state index is 12.0. The molecule has 1 saturated heterocycles. The number of amides is 2. The molecule has 0 aliphatic carbocycles. The van der Waals surface area contributed by atoms with Crippen LogP contribution in [0, 0.1) is 0 Å². The van der Waals surface area contributed by atoms with Gasteiger partial charge in [0.25, 0.3) is 0 Å². The summed E-state index contributed by atoms with van der Waals surface area (Å²) >= 11 is 0. The summed E-state index contributed by atoms with van der Waals surface area (Å²) in [7, 11) is 0. The molecule has 20 heavy (non-hydrogen) atoms. The fourth-order valence-corrected chi connectivity index (χ4v) is 2.20. The van der Waals surface area contributed by atoms with Crippen LogP contribution in [0.3, 0.4) is 0 Å². The molecule has 108 valence electrons. The van der Waals surface area contributed by atoms with Crippen molar-refractivity contribution >= 4 is 6.03 Å². The zero-order chi connectivity index (χ0) is 14.4. The lowest BCUT2D eigenvalue weighted by Crippen LogP contribution is -2.52. The zero-order valence-corrected chi connectivity index (χ0v) is 12.0. The smallest absolute Gasteiger partial charge is 0.317 e. The molecular weight excluding hydrogens is 252 g/mol. The van der Waals surface area contributed by atoms with Crippen molar-refractivity contribution in [2.75, 3.05) is 26.2 Å². The summed E-state index contributed by atoms with van der Waals surface area (Å²) in [6.45, 7) is 9.84. The zero-order valence-electron chi connectivity index (χ0n) is 12.0. The van der Waals surface area contributed by atoms with Gasteiger partial charge in [-0.15, -0.1) is 6.58 Å². The Kier molecular flexibility index (Phi) is 5.12. The Balaban J connectivity index is 1.77. The third kappa shape index (κ3) is 4.06. The molecule has 0 radical (unpaired) electrons. The molecule has 1 atom stereocenters. The van der Waals surface area contributed by atoms with Gasteiger partial charge in [0.1, 0.15) is 0 Å². The van der Waals surface area contributed by atoms with E-state index in [4.69, 9.17) is 0 Å². The van der Waals surface area contributed by atoms with Crippen molar-refractivity contribution in [2.45, 2.75) is 19.5 Å². The van der Waals surface area contributed by atoms with E-state index in [1.165, 1.54) is 5.56 Å². The lowest BCUT2D eigenvalue weighted by atomic mass is 10.2. The Bertz CT molecular complexity index is 440. The van der Waals surface area contributed by atoms with Crippen molar-refractivity contribution in [3.05, 3.63) is 42.7 Å². The van der Waals surface area contributed by atoms with Crippen LogP contribution in [-0.4, -0.2) is 53.0 Å². The van der Waals surface area contributed by atoms with E-state index in [0.717, 1.165) is 32.7 Å². The van der Waals surface area contributed by atoms with Gasteiger partial charge in [0.2, 0.25) is 0 Å². The average molecular weight is 274 g/mol. The van der Waals surface area contributed by atoms with Crippen LogP contribution in [-0.2, 0) is 6.54 Å². The van der Waals surface area contributed by atoms with Crippen LogP contribution in [0.4, 0.5) is 4.79 Å². The van der Waals surface area contributed by atoms with Gasteiger partial charge < -0.3 is 10.2 Å². The van der Waals surface area contributed by atoms with E-state index in [1.807, 2.05) is 36.4 Å². The Morgan fingerprint density at radius 2 is 2.05 bits per heavy atom. The standard InChI is InChI=1S/C15H22N4O/c1-3-13(2)17-15(20)19-10-8-18(9-11-19)12-14-4-6-16-7-5-14/h3-7,13H,1,8-12H2,2H3,(H,17,20). The average Bonchev–Trinajstić information content (AvgIpc) is 2.49. The lowest BCUT2D eigenvalue weighted by Gasteiger charge is -2.35. The van der Waals surface area contributed by atoms with Crippen LogP contribution in [0.2, 0.25) is 0 Å². The summed E-state index contributed by atoms with van der Waals surface area (Å²) in [5, 5.41) is 2.91. The number of urea groups is 1. The molecule has 1 N–H and O–H groups in total. The van der Waals surface area contributed by atoms with Crippen LogP contribution >= 0.6 is 0 Å². The summed E-state index contributed by atoms with van der Waals surface area (Å²) in [4.78, 5) is 20.2. The topological polar surface area (TPSA) is 48.5 Å². The van der Waals surface area contributed by atoms with E-state index in [9.17, 15) is 4.79 Å². The second-order valence-corrected chi connectivity index (χ2v) is 5.09. The number of hydrogen-bond donors (Lipinski definition) is 1. The van der Waals surface area contributed by atoms with Gasteiger partial charge in [0.05, 0.1) is 0 Å². The summed E-state index contributed by atoms with van der Waals surface area (Å²) < 4.78 is 0. The molecule has 0 aromatic carbocycles. The van der Waals surface area contributed by atoms with Crippen molar-refractivity contribution < 1.29 is 4.79 Å². The molecule has 2 amide bonds. The van der Waals surface area contributed by atoms with Gasteiger partial charge in [0.15, 0.2) is 0 Å². The highest BCUT2D eigenvalue weighted by Gasteiger charge is 2.21. The molecule has 1 aliphatic heterocycles. The van der Waals surface area contributed by atoms with Crippen molar-refractivity contribution in [1.29, 1.82) is 0 Å². The van der Waals surface area contributed by atoms with Gasteiger partial charge in [-0.1, -0.05) is 6.08 Å². The second-order valence-electron chi connectivity index (χ2n) is 5.09. The largest absolute Gasteiger partial charge is 0.332 e. The summed E-state index contributed by atoms with van der Waals surface area (Å²) in [6.07, 6.45) is 5.36. The number of aromatic nitrogens is 1. The monoisotopic (exact) mass is 274 g/mol. The second kappa shape index (κ2) is 7.05. The first-order chi connectivity index (χ1) is 9.69. The van der Waals surface area contributed by atoms with E-state index in [0.29, 0.717) is 0 Å². The first kappa shape index (κ1) is 14.5. The molecule has 1 aromatic heterocycles. The summed E-state index contributed by atoms with van der Waals surface area (Å²) in [6, 6.07) is 4.08. The van der Waals surface area contributed by atoms with E-state index >= 15 is 0 Å². The first-order valence-corrected chi connectivity index (χ1v) is 6.98. The molecule has 5 heteroatoms. The van der Waals surface area contributed by atoms with Crippen molar-refractivity contribution in [2.24, 2.45) is 0 Å². The van der Waals surface area contributed by atoms with Crippen LogP contribution in [0.5, 0.6) is 0 Å². The van der Waals surface area contributed by atoms with Crippen molar-refractivity contribution in [3.63, 3.8) is 0 Å². The van der Waals surface area contributed by atoms with E-state index in [1.54, 1.807) is 6.08 Å². The maximum absolute atomic E-state index is 12.0. The number of pyridine rings is 1. The van der Waals surface area contributed by atoms with E-state index in [2.05, 4.69) is 21.8 Å². The van der Waals surface area contributed by atoms with Crippen LogP contribution < -0.4 is 5.32 Å². The van der Waals surface area contributed by atoms with Gasteiger partial charge in [-0.25, -0.2) is 4.79 Å². The number of carbonyl (C=O) groups is 1. The van der Waals surface area contributed by atoms with Gasteiger partial charge in [0, 0.05) is 51.2 Å². The fraction of sp³-hybridized carbons (Fsp3) is 0.467. The predicted octanol–water partition coefficient (Wildman–Crippen LogP) is 1.48. The van der Waals surface area contributed by atoms with Crippen LogP contribution in [0.1, 0.15) is 12.5 Å². The number of hydrogen-bond acceptors (Lipinski definition) is 3. The molecule has 1 fully saturated rings. The maximum Gasteiger partial charge on any atom is 0.317 e. The molecule has 1 unspecified atom stereocenters. The third-order valence-electron chi connectivity index (χ3n) is 3.52. The van der Waals surface area contributed by atoms with E-state index < -0.39 is 0 Å². The minimum absolute atomic E-state index is 0.000890.